The first-order valence-electron chi connectivity index (χ1n) is 11.0. The molecule has 174 valence electrons. The molecule has 4 rings (SSSR count). The zero-order valence-electron chi connectivity index (χ0n) is 19.4. The first-order chi connectivity index (χ1) is 16.4. The van der Waals surface area contributed by atoms with Gasteiger partial charge in [-0.15, -0.1) is 0 Å². The Morgan fingerprint density at radius 1 is 1.03 bits per heavy atom. The maximum absolute atomic E-state index is 13.6. The number of methoxy groups -OCH3 is 1. The third kappa shape index (κ3) is 5.70. The van der Waals surface area contributed by atoms with Crippen LogP contribution in [0.4, 0.5) is 5.69 Å². The average molecular weight is 493 g/mol. The Morgan fingerprint density at radius 2 is 1.71 bits per heavy atom. The molecule has 1 heterocycles. The summed E-state index contributed by atoms with van der Waals surface area (Å²) >= 11 is 7.42. The van der Waals surface area contributed by atoms with E-state index in [-0.39, 0.29) is 11.9 Å². The first-order valence-corrected chi connectivity index (χ1v) is 12.2. The summed E-state index contributed by atoms with van der Waals surface area (Å²) < 4.78 is 5.26. The number of rotatable bonds is 7. The van der Waals surface area contributed by atoms with Crippen molar-refractivity contribution >= 4 is 46.2 Å². The molecule has 0 radical (unpaired) electrons. The standard InChI is InChI=1S/C27H26ClN3O2S/c1-30(2)24(20-7-5-4-6-8-20)18-31-26(32)25(17-19-9-11-21(28)12-10-19)34-27(31)29-22-13-15-23(33-3)16-14-22/h4-17,24H,18H2,1-3H3/p+1/b25-17-,29-27?/t24-/m0/s1. The van der Waals surface area contributed by atoms with Crippen molar-refractivity contribution in [2.45, 2.75) is 6.04 Å². The predicted octanol–water partition coefficient (Wildman–Crippen LogP) is 4.84. The van der Waals surface area contributed by atoms with E-state index in [4.69, 9.17) is 21.3 Å². The van der Waals surface area contributed by atoms with Crippen LogP contribution >= 0.6 is 23.4 Å². The molecule has 0 saturated carbocycles. The second kappa shape index (κ2) is 10.9. The Hall–Kier alpha value is -3.06. The quantitative estimate of drug-likeness (QED) is 0.480. The summed E-state index contributed by atoms with van der Waals surface area (Å²) in [6.45, 7) is 0.519. The van der Waals surface area contributed by atoms with Gasteiger partial charge in [0.25, 0.3) is 5.91 Å². The molecule has 3 aromatic rings. The number of hydrogen-bond donors (Lipinski definition) is 1. The van der Waals surface area contributed by atoms with Gasteiger partial charge in [-0.3, -0.25) is 9.69 Å². The fraction of sp³-hybridized carbons (Fsp3) is 0.185. The number of likely N-dealkylation sites (N-methyl/N-ethyl adjacent to an activating group) is 1. The van der Waals surface area contributed by atoms with Gasteiger partial charge in [-0.05, 0) is 59.8 Å². The molecule has 1 aliphatic heterocycles. The molecular formula is C27H27ClN3O2S+. The molecule has 1 atom stereocenters. The maximum atomic E-state index is 13.6. The molecular weight excluding hydrogens is 466 g/mol. The van der Waals surface area contributed by atoms with Gasteiger partial charge in [0.05, 0.1) is 38.3 Å². The maximum Gasteiger partial charge on any atom is 0.266 e. The van der Waals surface area contributed by atoms with Crippen molar-refractivity contribution < 1.29 is 14.4 Å². The molecule has 0 bridgehead atoms. The lowest BCUT2D eigenvalue weighted by molar-refractivity contribution is -0.891. The minimum absolute atomic E-state index is 0.0469. The minimum Gasteiger partial charge on any atom is -0.497 e. The Balaban J connectivity index is 1.70. The normalized spacial score (nSPS) is 17.1. The van der Waals surface area contributed by atoms with Crippen molar-refractivity contribution in [2.24, 2.45) is 4.99 Å². The largest absolute Gasteiger partial charge is 0.497 e. The van der Waals surface area contributed by atoms with Gasteiger partial charge in [-0.1, -0.05) is 54.1 Å². The molecule has 0 spiro atoms. The van der Waals surface area contributed by atoms with Crippen molar-refractivity contribution in [3.8, 4) is 5.75 Å². The van der Waals surface area contributed by atoms with E-state index in [0.717, 1.165) is 17.0 Å². The molecule has 3 aromatic carbocycles. The third-order valence-electron chi connectivity index (χ3n) is 5.62. The molecule has 1 fully saturated rings. The van der Waals surface area contributed by atoms with Crippen LogP contribution in [0, 0.1) is 0 Å². The van der Waals surface area contributed by atoms with E-state index in [0.29, 0.717) is 21.6 Å². The van der Waals surface area contributed by atoms with E-state index in [1.165, 1.54) is 22.2 Å². The van der Waals surface area contributed by atoms with E-state index in [1.54, 1.807) is 12.0 Å². The SMILES string of the molecule is COc1ccc(N=C2S/C(=C\c3ccc(Cl)cc3)C(=O)N2C[C@@H](c2ccccc2)[NH+](C)C)cc1. The number of nitrogens with one attached hydrogen (secondary N) is 1. The molecule has 1 aliphatic rings. The van der Waals surface area contributed by atoms with Gasteiger partial charge < -0.3 is 9.64 Å². The first kappa shape index (κ1) is 24.1. The molecule has 0 aromatic heterocycles. The lowest BCUT2D eigenvalue weighted by Gasteiger charge is -2.26. The molecule has 34 heavy (non-hydrogen) atoms. The van der Waals surface area contributed by atoms with Gasteiger partial charge in [0.15, 0.2) is 5.17 Å². The van der Waals surface area contributed by atoms with Crippen LogP contribution in [0.5, 0.6) is 5.75 Å². The van der Waals surface area contributed by atoms with Crippen molar-refractivity contribution in [3.05, 3.63) is 99.9 Å². The van der Waals surface area contributed by atoms with Gasteiger partial charge in [-0.2, -0.15) is 0 Å². The number of thioether (sulfide) groups is 1. The molecule has 0 unspecified atom stereocenters. The fourth-order valence-corrected chi connectivity index (χ4v) is 4.85. The van der Waals surface area contributed by atoms with Gasteiger partial charge in [0, 0.05) is 10.6 Å². The summed E-state index contributed by atoms with van der Waals surface area (Å²) in [5.41, 5.74) is 2.87. The second-order valence-corrected chi connectivity index (χ2v) is 9.66. The predicted molar refractivity (Wildman–Crippen MR) is 141 cm³/mol. The Morgan fingerprint density at radius 3 is 2.32 bits per heavy atom. The van der Waals surface area contributed by atoms with Crippen LogP contribution in [0.25, 0.3) is 6.08 Å². The molecule has 1 saturated heterocycles. The van der Waals surface area contributed by atoms with Crippen molar-refractivity contribution in [2.75, 3.05) is 27.7 Å². The molecule has 5 nitrogen and oxygen atoms in total. The van der Waals surface area contributed by atoms with Crippen LogP contribution in [-0.4, -0.2) is 43.7 Å². The van der Waals surface area contributed by atoms with E-state index in [9.17, 15) is 4.79 Å². The summed E-state index contributed by atoms with van der Waals surface area (Å²) in [4.78, 5) is 22.1. The van der Waals surface area contributed by atoms with Crippen LogP contribution < -0.4 is 9.64 Å². The molecule has 1 N–H and O–H groups in total. The van der Waals surface area contributed by atoms with Gasteiger partial charge >= 0.3 is 0 Å². The van der Waals surface area contributed by atoms with Gasteiger partial charge in [0.2, 0.25) is 0 Å². The van der Waals surface area contributed by atoms with Crippen LogP contribution in [-0.2, 0) is 4.79 Å². The van der Waals surface area contributed by atoms with Crippen LogP contribution in [0.15, 0.2) is 88.8 Å². The number of amidine groups is 1. The summed E-state index contributed by atoms with van der Waals surface area (Å²) in [6, 6.07) is 25.4. The van der Waals surface area contributed by atoms with Gasteiger partial charge in [-0.25, -0.2) is 4.99 Å². The average Bonchev–Trinajstić information content (AvgIpc) is 3.13. The highest BCUT2D eigenvalue weighted by molar-refractivity contribution is 8.18. The number of hydrogen-bond acceptors (Lipinski definition) is 4. The number of carbonyl (C=O) groups excluding carboxylic acids is 1. The van der Waals surface area contributed by atoms with E-state index < -0.39 is 0 Å². The lowest BCUT2D eigenvalue weighted by Crippen LogP contribution is -3.07. The number of ether oxygens (including phenoxy) is 1. The highest BCUT2D eigenvalue weighted by Crippen LogP contribution is 2.35. The summed E-state index contributed by atoms with van der Waals surface area (Å²) in [5.74, 6) is 0.717. The smallest absolute Gasteiger partial charge is 0.266 e. The number of quaternary nitrogens is 1. The summed E-state index contributed by atoms with van der Waals surface area (Å²) in [7, 11) is 5.85. The zero-order chi connectivity index (χ0) is 24.1. The molecule has 7 heteroatoms. The number of carbonyl (C=O) groups is 1. The number of benzene rings is 3. The van der Waals surface area contributed by atoms with E-state index >= 15 is 0 Å². The second-order valence-electron chi connectivity index (χ2n) is 8.21. The highest BCUT2D eigenvalue weighted by Gasteiger charge is 2.36. The third-order valence-corrected chi connectivity index (χ3v) is 6.88. The minimum atomic E-state index is -0.0469. The molecule has 0 aliphatic carbocycles. The fourth-order valence-electron chi connectivity index (χ4n) is 3.72. The monoisotopic (exact) mass is 492 g/mol. The van der Waals surface area contributed by atoms with Crippen molar-refractivity contribution in [3.63, 3.8) is 0 Å². The topological polar surface area (TPSA) is 46.3 Å². The summed E-state index contributed by atoms with van der Waals surface area (Å²) in [5, 5.41) is 1.33. The number of aliphatic imine (C=N–C) groups is 1. The lowest BCUT2D eigenvalue weighted by atomic mass is 10.1. The number of halogens is 1. The van der Waals surface area contributed by atoms with Crippen molar-refractivity contribution in [1.29, 1.82) is 0 Å². The van der Waals surface area contributed by atoms with Crippen molar-refractivity contribution in [1.82, 2.24) is 4.90 Å². The Labute approximate surface area is 209 Å². The number of amides is 1. The van der Waals surface area contributed by atoms with Crippen LogP contribution in [0.2, 0.25) is 5.02 Å². The van der Waals surface area contributed by atoms with Gasteiger partial charge in [0.1, 0.15) is 11.8 Å². The van der Waals surface area contributed by atoms with E-state index in [2.05, 4.69) is 26.2 Å². The molecule has 1 amide bonds. The zero-order valence-corrected chi connectivity index (χ0v) is 20.9. The Bertz CT molecular complexity index is 1190. The highest BCUT2D eigenvalue weighted by atomic mass is 35.5. The number of nitrogens with zero attached hydrogens (tertiary/aromatic N) is 2. The summed E-state index contributed by atoms with van der Waals surface area (Å²) in [6.07, 6.45) is 1.90. The van der Waals surface area contributed by atoms with Crippen LogP contribution in [0.3, 0.4) is 0 Å². The Kier molecular flexibility index (Phi) is 7.73. The van der Waals surface area contributed by atoms with Crippen LogP contribution in [0.1, 0.15) is 17.2 Å². The van der Waals surface area contributed by atoms with E-state index in [1.807, 2.05) is 72.8 Å².